The highest BCUT2D eigenvalue weighted by molar-refractivity contribution is 7.93. The Balaban J connectivity index is 2.31. The van der Waals surface area contributed by atoms with E-state index in [4.69, 9.17) is 9.26 Å². The molecule has 1 N–H and O–H groups in total. The zero-order valence-electron chi connectivity index (χ0n) is 16.1. The molecule has 0 atom stereocenters. The molecule has 1 amide bonds. The maximum Gasteiger partial charge on any atom is 0.246 e. The van der Waals surface area contributed by atoms with Crippen LogP contribution in [-0.4, -0.2) is 31.3 Å². The average Bonchev–Trinajstić information content (AvgIpc) is 3.03. The normalized spacial score (nSPS) is 12.7. The van der Waals surface area contributed by atoms with Crippen LogP contribution < -0.4 is 10.1 Å². The Morgan fingerprint density at radius 1 is 1.19 bits per heavy atom. The molecule has 9 heteroatoms. The predicted molar refractivity (Wildman–Crippen MR) is 98.0 cm³/mol. The zero-order valence-corrected chi connectivity index (χ0v) is 16.9. The van der Waals surface area contributed by atoms with Crippen molar-refractivity contribution >= 4 is 21.6 Å². The summed E-state index contributed by atoms with van der Waals surface area (Å²) in [4.78, 5) is 12.3. The molecular weight excluding hydrogens is 375 g/mol. The predicted octanol–water partition coefficient (Wildman–Crippen LogP) is 3.31. The van der Waals surface area contributed by atoms with Gasteiger partial charge in [-0.1, -0.05) is 25.9 Å². The van der Waals surface area contributed by atoms with Gasteiger partial charge in [-0.3, -0.25) is 4.79 Å². The minimum Gasteiger partial charge on any atom is -0.494 e. The summed E-state index contributed by atoms with van der Waals surface area (Å²) in [6.45, 7) is 8.21. The Morgan fingerprint density at radius 3 is 2.30 bits per heavy atom. The van der Waals surface area contributed by atoms with E-state index < -0.39 is 26.3 Å². The third-order valence-corrected chi connectivity index (χ3v) is 6.55. The number of aromatic nitrogens is 1. The van der Waals surface area contributed by atoms with Crippen LogP contribution in [0.25, 0.3) is 0 Å². The summed E-state index contributed by atoms with van der Waals surface area (Å²) in [5.74, 6) is -1.09. The molecule has 2 aromatic rings. The maximum atomic E-state index is 13.9. The third-order valence-electron chi connectivity index (χ3n) is 4.14. The summed E-state index contributed by atoms with van der Waals surface area (Å²) in [5.41, 5.74) is -0.321. The second-order valence-corrected chi connectivity index (χ2v) is 10.1. The van der Waals surface area contributed by atoms with Gasteiger partial charge in [0.15, 0.2) is 27.2 Å². The first kappa shape index (κ1) is 20.9. The number of halogens is 1. The number of carbonyl (C=O) groups is 1. The quantitative estimate of drug-likeness (QED) is 0.830. The van der Waals surface area contributed by atoms with E-state index in [0.29, 0.717) is 5.76 Å². The van der Waals surface area contributed by atoms with Gasteiger partial charge in [0.1, 0.15) is 10.5 Å². The summed E-state index contributed by atoms with van der Waals surface area (Å²) in [6, 6.07) is 4.76. The molecule has 0 aliphatic carbocycles. The molecule has 27 heavy (non-hydrogen) atoms. The summed E-state index contributed by atoms with van der Waals surface area (Å²) in [7, 11) is -2.92. The maximum absolute atomic E-state index is 13.9. The highest BCUT2D eigenvalue weighted by Crippen LogP contribution is 2.30. The van der Waals surface area contributed by atoms with Gasteiger partial charge in [0.25, 0.3) is 0 Å². The number of nitrogens with one attached hydrogen (secondary N) is 1. The Bertz CT molecular complexity index is 958. The van der Waals surface area contributed by atoms with E-state index in [-0.39, 0.29) is 21.9 Å². The average molecular weight is 398 g/mol. The second-order valence-electron chi connectivity index (χ2n) is 7.59. The fourth-order valence-electron chi connectivity index (χ4n) is 2.19. The molecule has 148 valence electrons. The molecule has 0 aliphatic heterocycles. The number of anilines is 1. The molecule has 0 bridgehead atoms. The van der Waals surface area contributed by atoms with Crippen molar-refractivity contribution < 1.29 is 26.9 Å². The lowest BCUT2D eigenvalue weighted by Crippen LogP contribution is -2.44. The molecule has 0 fully saturated rings. The molecule has 1 aromatic heterocycles. The minimum absolute atomic E-state index is 0.0893. The fraction of sp³-hybridized carbons (Fsp3) is 0.444. The lowest BCUT2D eigenvalue weighted by molar-refractivity contribution is -0.117. The Hall–Kier alpha value is -2.42. The Labute approximate surface area is 157 Å². The molecule has 7 nitrogen and oxygen atoms in total. The summed E-state index contributed by atoms with van der Waals surface area (Å²) in [5, 5.41) is 6.20. The summed E-state index contributed by atoms with van der Waals surface area (Å²) in [6.07, 6.45) is 0. The van der Waals surface area contributed by atoms with Gasteiger partial charge in [-0.15, -0.1) is 0 Å². The third kappa shape index (κ3) is 3.97. The van der Waals surface area contributed by atoms with Crippen molar-refractivity contribution in [1.82, 2.24) is 5.16 Å². The number of hydrogen-bond donors (Lipinski definition) is 1. The Morgan fingerprint density at radius 2 is 1.81 bits per heavy atom. The van der Waals surface area contributed by atoms with Gasteiger partial charge in [0.05, 0.1) is 12.0 Å². The highest BCUT2D eigenvalue weighted by Gasteiger charge is 2.43. The minimum atomic E-state index is -4.19. The second kappa shape index (κ2) is 6.95. The van der Waals surface area contributed by atoms with Crippen LogP contribution in [0.15, 0.2) is 33.7 Å². The number of nitrogens with zero attached hydrogens (tertiary/aromatic N) is 1. The summed E-state index contributed by atoms with van der Waals surface area (Å²) < 4.78 is 47.8. The monoisotopic (exact) mass is 398 g/mol. The highest BCUT2D eigenvalue weighted by atomic mass is 32.2. The number of benzene rings is 1. The number of rotatable bonds is 5. The first-order valence-corrected chi connectivity index (χ1v) is 9.66. The van der Waals surface area contributed by atoms with E-state index in [1.165, 1.54) is 39.2 Å². The van der Waals surface area contributed by atoms with Crippen molar-refractivity contribution in [2.75, 3.05) is 12.4 Å². The van der Waals surface area contributed by atoms with Crippen LogP contribution in [0.2, 0.25) is 0 Å². The van der Waals surface area contributed by atoms with Gasteiger partial charge >= 0.3 is 0 Å². The lowest BCUT2D eigenvalue weighted by Gasteiger charge is -2.23. The van der Waals surface area contributed by atoms with Gasteiger partial charge in [-0.25, -0.2) is 12.8 Å². The van der Waals surface area contributed by atoms with Gasteiger partial charge in [0.2, 0.25) is 5.91 Å². The lowest BCUT2D eigenvalue weighted by atomic mass is 9.93. The molecule has 2 rings (SSSR count). The van der Waals surface area contributed by atoms with E-state index in [0.717, 1.165) is 6.07 Å². The molecule has 0 saturated heterocycles. The first-order valence-electron chi connectivity index (χ1n) is 8.17. The molecule has 0 spiro atoms. The van der Waals surface area contributed by atoms with Crippen molar-refractivity contribution in [3.05, 3.63) is 35.8 Å². The largest absolute Gasteiger partial charge is 0.494 e. The number of ether oxygens (including phenoxy) is 1. The van der Waals surface area contributed by atoms with Gasteiger partial charge in [-0.05, 0) is 32.0 Å². The van der Waals surface area contributed by atoms with E-state index in [2.05, 4.69) is 10.5 Å². The fourth-order valence-corrected chi connectivity index (χ4v) is 3.58. The van der Waals surface area contributed by atoms with Crippen molar-refractivity contribution in [2.24, 2.45) is 0 Å². The van der Waals surface area contributed by atoms with Gasteiger partial charge in [0, 0.05) is 11.5 Å². The summed E-state index contributed by atoms with van der Waals surface area (Å²) >= 11 is 0. The van der Waals surface area contributed by atoms with Crippen LogP contribution in [0.1, 0.15) is 40.4 Å². The molecule has 0 aliphatic rings. The topological polar surface area (TPSA) is 98.5 Å². The van der Waals surface area contributed by atoms with E-state index in [9.17, 15) is 17.6 Å². The van der Waals surface area contributed by atoms with Crippen molar-refractivity contribution in [3.63, 3.8) is 0 Å². The van der Waals surface area contributed by atoms with E-state index >= 15 is 0 Å². The standard InChI is InChI=1S/C18H23FN2O5S/c1-17(2,3)14-10-15(21-26-14)20-16(22)18(4,5)27(23,24)11-7-8-13(25-6)12(19)9-11/h7-10H,1-6H3,(H,20,21,22). The van der Waals surface area contributed by atoms with E-state index in [1.54, 1.807) is 0 Å². The van der Waals surface area contributed by atoms with Crippen molar-refractivity contribution in [2.45, 2.75) is 49.7 Å². The van der Waals surface area contributed by atoms with Crippen LogP contribution >= 0.6 is 0 Å². The van der Waals surface area contributed by atoms with Gasteiger partial charge in [-0.2, -0.15) is 0 Å². The van der Waals surface area contributed by atoms with Gasteiger partial charge < -0.3 is 14.6 Å². The number of carbonyl (C=O) groups excluding carboxylic acids is 1. The smallest absolute Gasteiger partial charge is 0.246 e. The SMILES string of the molecule is COc1ccc(S(=O)(=O)C(C)(C)C(=O)Nc2cc(C(C)(C)C)on2)cc1F. The molecule has 1 aromatic carbocycles. The van der Waals surface area contributed by atoms with Crippen LogP contribution in [0.4, 0.5) is 10.2 Å². The number of methoxy groups -OCH3 is 1. The van der Waals surface area contributed by atoms with Crippen molar-refractivity contribution in [3.8, 4) is 5.75 Å². The van der Waals surface area contributed by atoms with Crippen LogP contribution in [0.3, 0.4) is 0 Å². The van der Waals surface area contributed by atoms with Crippen LogP contribution in [0, 0.1) is 5.82 Å². The van der Waals surface area contributed by atoms with Crippen LogP contribution in [0.5, 0.6) is 5.75 Å². The number of sulfone groups is 1. The molecular formula is C18H23FN2O5S. The Kier molecular flexibility index (Phi) is 5.38. The van der Waals surface area contributed by atoms with Crippen LogP contribution in [-0.2, 0) is 20.0 Å². The molecule has 1 heterocycles. The number of hydrogen-bond acceptors (Lipinski definition) is 6. The first-order chi connectivity index (χ1) is 12.3. The van der Waals surface area contributed by atoms with E-state index in [1.807, 2.05) is 20.8 Å². The molecule has 0 unspecified atom stereocenters. The molecule has 0 saturated carbocycles. The molecule has 0 radical (unpaired) electrons. The van der Waals surface area contributed by atoms with Crippen molar-refractivity contribution in [1.29, 1.82) is 0 Å². The zero-order chi connectivity index (χ0) is 20.6. The number of amides is 1.